The van der Waals surface area contributed by atoms with Crippen molar-refractivity contribution in [2.75, 3.05) is 32.0 Å². The van der Waals surface area contributed by atoms with Gasteiger partial charge in [-0.3, -0.25) is 10.1 Å². The average Bonchev–Trinajstić information content (AvgIpc) is 2.87. The fourth-order valence-corrected chi connectivity index (χ4v) is 2.88. The van der Waals surface area contributed by atoms with Crippen molar-refractivity contribution >= 4 is 22.7 Å². The molecule has 0 saturated carbocycles. The number of rotatable bonds is 4. The monoisotopic (exact) mass is 289 g/mol. The predicted octanol–water partition coefficient (Wildman–Crippen LogP) is 2.22. The molecular formula is C14H19N5O2. The Hall–Kier alpha value is -2.15. The number of imidazole rings is 1. The van der Waals surface area contributed by atoms with E-state index in [1.165, 1.54) is 31.5 Å². The van der Waals surface area contributed by atoms with E-state index in [1.807, 2.05) is 0 Å². The number of benzene rings is 1. The SMILES string of the molecule is CN1CCCC(CNc2nc3ccc([N+](=O)[O-])cc3[nH]2)C1. The minimum absolute atomic E-state index is 0.0756. The van der Waals surface area contributed by atoms with Crippen molar-refractivity contribution < 1.29 is 4.92 Å². The van der Waals surface area contributed by atoms with Crippen LogP contribution in [0.1, 0.15) is 12.8 Å². The Balaban J connectivity index is 1.68. The molecule has 2 aromatic rings. The van der Waals surface area contributed by atoms with E-state index in [1.54, 1.807) is 6.07 Å². The highest BCUT2D eigenvalue weighted by Crippen LogP contribution is 2.21. The molecule has 7 nitrogen and oxygen atoms in total. The lowest BCUT2D eigenvalue weighted by molar-refractivity contribution is -0.384. The molecule has 1 saturated heterocycles. The van der Waals surface area contributed by atoms with Gasteiger partial charge in [-0.15, -0.1) is 0 Å². The number of likely N-dealkylation sites (tertiary alicyclic amines) is 1. The molecule has 21 heavy (non-hydrogen) atoms. The van der Waals surface area contributed by atoms with Gasteiger partial charge >= 0.3 is 0 Å². The lowest BCUT2D eigenvalue weighted by Crippen LogP contribution is -2.35. The van der Waals surface area contributed by atoms with E-state index in [-0.39, 0.29) is 5.69 Å². The highest BCUT2D eigenvalue weighted by atomic mass is 16.6. The van der Waals surface area contributed by atoms with Crippen LogP contribution < -0.4 is 5.32 Å². The van der Waals surface area contributed by atoms with Crippen molar-refractivity contribution in [1.29, 1.82) is 0 Å². The Morgan fingerprint density at radius 1 is 1.57 bits per heavy atom. The van der Waals surface area contributed by atoms with Crippen molar-refractivity contribution in [3.63, 3.8) is 0 Å². The van der Waals surface area contributed by atoms with Gasteiger partial charge in [0.25, 0.3) is 5.69 Å². The van der Waals surface area contributed by atoms with E-state index in [0.29, 0.717) is 17.4 Å². The number of hydrogen-bond donors (Lipinski definition) is 2. The summed E-state index contributed by atoms with van der Waals surface area (Å²) >= 11 is 0. The number of non-ortho nitro benzene ring substituents is 1. The molecule has 0 amide bonds. The van der Waals surface area contributed by atoms with Crippen LogP contribution in [-0.4, -0.2) is 46.5 Å². The third kappa shape index (κ3) is 3.13. The largest absolute Gasteiger partial charge is 0.355 e. The Kier molecular flexibility index (Phi) is 3.74. The number of fused-ring (bicyclic) bond motifs is 1. The molecule has 1 aliphatic rings. The number of nitro benzene ring substituents is 1. The molecule has 1 aliphatic heterocycles. The van der Waals surface area contributed by atoms with Crippen LogP contribution in [0.4, 0.5) is 11.6 Å². The molecule has 2 heterocycles. The summed E-state index contributed by atoms with van der Waals surface area (Å²) in [5, 5.41) is 14.1. The molecule has 0 spiro atoms. The summed E-state index contributed by atoms with van der Waals surface area (Å²) in [6, 6.07) is 4.66. The van der Waals surface area contributed by atoms with Crippen molar-refractivity contribution in [3.8, 4) is 0 Å². The third-order valence-corrected chi connectivity index (χ3v) is 3.96. The number of nitrogens with zero attached hydrogens (tertiary/aromatic N) is 3. The van der Waals surface area contributed by atoms with Crippen LogP contribution in [0.15, 0.2) is 18.2 Å². The highest BCUT2D eigenvalue weighted by molar-refractivity contribution is 5.79. The van der Waals surface area contributed by atoms with E-state index in [9.17, 15) is 10.1 Å². The summed E-state index contributed by atoms with van der Waals surface area (Å²) < 4.78 is 0. The maximum Gasteiger partial charge on any atom is 0.271 e. The first-order valence-corrected chi connectivity index (χ1v) is 7.18. The Labute approximate surface area is 122 Å². The van der Waals surface area contributed by atoms with Crippen molar-refractivity contribution in [2.45, 2.75) is 12.8 Å². The van der Waals surface area contributed by atoms with Crippen LogP contribution in [0.25, 0.3) is 11.0 Å². The number of nitrogens with one attached hydrogen (secondary N) is 2. The van der Waals surface area contributed by atoms with Crippen LogP contribution >= 0.6 is 0 Å². The molecule has 1 fully saturated rings. The zero-order valence-corrected chi connectivity index (χ0v) is 12.0. The summed E-state index contributed by atoms with van der Waals surface area (Å²) in [6.45, 7) is 3.13. The molecule has 2 N–H and O–H groups in total. The van der Waals surface area contributed by atoms with E-state index in [2.05, 4.69) is 27.2 Å². The van der Waals surface area contributed by atoms with Gasteiger partial charge in [0.1, 0.15) is 0 Å². The second kappa shape index (κ2) is 5.69. The van der Waals surface area contributed by atoms with Crippen molar-refractivity contribution in [3.05, 3.63) is 28.3 Å². The molecule has 0 radical (unpaired) electrons. The van der Waals surface area contributed by atoms with Crippen molar-refractivity contribution in [2.24, 2.45) is 5.92 Å². The van der Waals surface area contributed by atoms with E-state index in [0.717, 1.165) is 18.6 Å². The van der Waals surface area contributed by atoms with Crippen LogP contribution in [0.3, 0.4) is 0 Å². The lowest BCUT2D eigenvalue weighted by atomic mass is 9.99. The van der Waals surface area contributed by atoms with Gasteiger partial charge < -0.3 is 15.2 Å². The van der Waals surface area contributed by atoms with Crippen molar-refractivity contribution in [1.82, 2.24) is 14.9 Å². The third-order valence-electron chi connectivity index (χ3n) is 3.96. The molecule has 0 bridgehead atoms. The number of nitro groups is 1. The van der Waals surface area contributed by atoms with Gasteiger partial charge in [-0.05, 0) is 38.4 Å². The average molecular weight is 289 g/mol. The lowest BCUT2D eigenvalue weighted by Gasteiger charge is -2.29. The zero-order valence-electron chi connectivity index (χ0n) is 12.0. The van der Waals surface area contributed by atoms with Gasteiger partial charge in [-0.2, -0.15) is 0 Å². The fraction of sp³-hybridized carbons (Fsp3) is 0.500. The van der Waals surface area contributed by atoms with Gasteiger partial charge in [-0.25, -0.2) is 4.98 Å². The zero-order chi connectivity index (χ0) is 14.8. The summed E-state index contributed by atoms with van der Waals surface area (Å²) in [5.74, 6) is 1.30. The molecule has 1 aromatic heterocycles. The molecule has 1 atom stereocenters. The second-order valence-electron chi connectivity index (χ2n) is 5.70. The Bertz CT molecular complexity index is 654. The van der Waals surface area contributed by atoms with Gasteiger partial charge in [0.05, 0.1) is 16.0 Å². The number of anilines is 1. The van der Waals surface area contributed by atoms with E-state index < -0.39 is 4.92 Å². The van der Waals surface area contributed by atoms with E-state index >= 15 is 0 Å². The summed E-state index contributed by atoms with van der Waals surface area (Å²) in [6.07, 6.45) is 2.46. The summed E-state index contributed by atoms with van der Waals surface area (Å²) in [7, 11) is 2.15. The molecule has 1 aromatic carbocycles. The maximum atomic E-state index is 10.8. The van der Waals surface area contributed by atoms with Gasteiger partial charge in [0.15, 0.2) is 0 Å². The smallest absolute Gasteiger partial charge is 0.271 e. The van der Waals surface area contributed by atoms with E-state index in [4.69, 9.17) is 0 Å². The van der Waals surface area contributed by atoms with Crippen LogP contribution in [0.2, 0.25) is 0 Å². The summed E-state index contributed by atoms with van der Waals surface area (Å²) in [5.41, 5.74) is 1.50. The minimum Gasteiger partial charge on any atom is -0.355 e. The minimum atomic E-state index is -0.398. The quantitative estimate of drug-likeness (QED) is 0.665. The maximum absolute atomic E-state index is 10.8. The number of hydrogen-bond acceptors (Lipinski definition) is 5. The molecular weight excluding hydrogens is 270 g/mol. The van der Waals surface area contributed by atoms with Crippen LogP contribution in [-0.2, 0) is 0 Å². The highest BCUT2D eigenvalue weighted by Gasteiger charge is 2.17. The topological polar surface area (TPSA) is 87.1 Å². The molecule has 7 heteroatoms. The Morgan fingerprint density at radius 2 is 2.43 bits per heavy atom. The Morgan fingerprint density at radius 3 is 3.19 bits per heavy atom. The first-order valence-electron chi connectivity index (χ1n) is 7.18. The molecule has 3 rings (SSSR count). The number of piperidine rings is 1. The molecule has 0 aliphatic carbocycles. The number of aromatic nitrogens is 2. The number of H-pyrrole nitrogens is 1. The van der Waals surface area contributed by atoms with Gasteiger partial charge in [0, 0.05) is 25.2 Å². The van der Waals surface area contributed by atoms with Gasteiger partial charge in [-0.1, -0.05) is 0 Å². The standard InChI is InChI=1S/C14H19N5O2/c1-18-6-2-3-10(9-18)8-15-14-16-12-5-4-11(19(20)21)7-13(12)17-14/h4-5,7,10H,2-3,6,8-9H2,1H3,(H2,15,16,17). The first-order chi connectivity index (χ1) is 10.1. The first kappa shape index (κ1) is 13.8. The van der Waals surface area contributed by atoms with Crippen LogP contribution in [0, 0.1) is 16.0 Å². The normalized spacial score (nSPS) is 19.8. The fourth-order valence-electron chi connectivity index (χ4n) is 2.88. The molecule has 1 unspecified atom stereocenters. The van der Waals surface area contributed by atoms with Crippen LogP contribution in [0.5, 0.6) is 0 Å². The molecule has 112 valence electrons. The van der Waals surface area contributed by atoms with Gasteiger partial charge in [0.2, 0.25) is 5.95 Å². The number of aromatic amines is 1. The summed E-state index contributed by atoms with van der Waals surface area (Å²) in [4.78, 5) is 20.2. The second-order valence-corrected chi connectivity index (χ2v) is 5.70. The predicted molar refractivity (Wildman–Crippen MR) is 81.5 cm³/mol.